The number of fused-ring (bicyclic) bond motifs is 1. The highest BCUT2D eigenvalue weighted by Gasteiger charge is 2.53. The quantitative estimate of drug-likeness (QED) is 0.443. The number of nitrogens with one attached hydrogen (secondary N) is 2. The summed E-state index contributed by atoms with van der Waals surface area (Å²) >= 11 is 0. The van der Waals surface area contributed by atoms with Crippen molar-refractivity contribution in [2.75, 3.05) is 13.1 Å². The van der Waals surface area contributed by atoms with Crippen molar-refractivity contribution in [3.63, 3.8) is 0 Å². The van der Waals surface area contributed by atoms with E-state index in [1.165, 1.54) is 0 Å². The van der Waals surface area contributed by atoms with E-state index in [1.54, 1.807) is 4.72 Å². The number of rotatable bonds is 5. The molecule has 0 aromatic heterocycles. The second-order valence-corrected chi connectivity index (χ2v) is 9.54. The van der Waals surface area contributed by atoms with Gasteiger partial charge in [0, 0.05) is 12.5 Å². The van der Waals surface area contributed by atoms with Crippen LogP contribution in [0.5, 0.6) is 0 Å². The first-order valence-corrected chi connectivity index (χ1v) is 10.9. The molecule has 1 saturated heterocycles. The summed E-state index contributed by atoms with van der Waals surface area (Å²) in [5, 5.41) is 13.4. The zero-order chi connectivity index (χ0) is 20.7. The summed E-state index contributed by atoms with van der Waals surface area (Å²) in [6.45, 7) is -0.357. The molecule has 1 heterocycles. The molecule has 3 rings (SSSR count). The maximum Gasteiger partial charge on any atom is 0.389 e. The smallest absolute Gasteiger partial charge is 0.389 e. The van der Waals surface area contributed by atoms with Crippen LogP contribution in [0.15, 0.2) is 0 Å². The third-order valence-corrected chi connectivity index (χ3v) is 7.45. The zero-order valence-electron chi connectivity index (χ0n) is 15.2. The Kier molecular flexibility index (Phi) is 6.23. The van der Waals surface area contributed by atoms with E-state index in [9.17, 15) is 31.5 Å². The van der Waals surface area contributed by atoms with Crippen LogP contribution in [0.1, 0.15) is 38.5 Å². The molecule has 12 heteroatoms. The molecule has 7 nitrogen and oxygen atoms in total. The van der Waals surface area contributed by atoms with Crippen molar-refractivity contribution in [2.24, 2.45) is 11.8 Å². The number of aliphatic hydroxyl groups excluding tert-OH is 1. The highest BCUT2D eigenvalue weighted by Crippen LogP contribution is 2.44. The van der Waals surface area contributed by atoms with Gasteiger partial charge in [0.1, 0.15) is 6.17 Å². The Morgan fingerprint density at radius 2 is 1.96 bits per heavy atom. The number of carbonyl (C=O) groups excluding carboxylic acids is 1. The van der Waals surface area contributed by atoms with Crippen molar-refractivity contribution in [2.45, 2.75) is 69.1 Å². The first-order chi connectivity index (χ1) is 13.0. The third kappa shape index (κ3) is 4.77. The first kappa shape index (κ1) is 21.7. The fourth-order valence-electron chi connectivity index (χ4n) is 4.72. The molecule has 2 saturated carbocycles. The van der Waals surface area contributed by atoms with Crippen molar-refractivity contribution >= 4 is 16.1 Å². The van der Waals surface area contributed by atoms with Crippen LogP contribution in [-0.4, -0.2) is 67.4 Å². The average molecular weight is 431 g/mol. The van der Waals surface area contributed by atoms with E-state index in [0.717, 1.165) is 0 Å². The highest BCUT2D eigenvalue weighted by atomic mass is 32.2. The van der Waals surface area contributed by atoms with E-state index in [0.29, 0.717) is 23.6 Å². The van der Waals surface area contributed by atoms with Crippen LogP contribution in [0.4, 0.5) is 17.6 Å². The van der Waals surface area contributed by atoms with Gasteiger partial charge in [-0.1, -0.05) is 0 Å². The van der Waals surface area contributed by atoms with Crippen LogP contribution in [0.2, 0.25) is 0 Å². The molecule has 28 heavy (non-hydrogen) atoms. The van der Waals surface area contributed by atoms with Gasteiger partial charge >= 0.3 is 16.4 Å². The van der Waals surface area contributed by atoms with Gasteiger partial charge < -0.3 is 10.4 Å². The van der Waals surface area contributed by atoms with Gasteiger partial charge in [-0.2, -0.15) is 25.9 Å². The normalized spacial score (nSPS) is 38.8. The Hall–Kier alpha value is -0.980. The number of carbonyl (C=O) groups is 1. The minimum atomic E-state index is -4.21. The lowest BCUT2D eigenvalue weighted by molar-refractivity contribution is -0.135. The van der Waals surface area contributed by atoms with Crippen molar-refractivity contribution in [3.8, 4) is 0 Å². The van der Waals surface area contributed by atoms with Crippen LogP contribution in [0, 0.1) is 11.8 Å². The van der Waals surface area contributed by atoms with Gasteiger partial charge in [0.15, 0.2) is 0 Å². The van der Waals surface area contributed by atoms with Gasteiger partial charge in [-0.25, -0.2) is 9.11 Å². The summed E-state index contributed by atoms with van der Waals surface area (Å²) < 4.78 is 78.6. The Morgan fingerprint density at radius 1 is 1.25 bits per heavy atom. The maximum atomic E-state index is 15.3. The second kappa shape index (κ2) is 8.04. The van der Waals surface area contributed by atoms with Crippen LogP contribution in [0.25, 0.3) is 0 Å². The Balaban J connectivity index is 1.62. The van der Waals surface area contributed by atoms with Gasteiger partial charge in [0.2, 0.25) is 5.91 Å². The summed E-state index contributed by atoms with van der Waals surface area (Å²) in [6.07, 6.45) is -6.16. The topological polar surface area (TPSA) is 98.7 Å². The van der Waals surface area contributed by atoms with Gasteiger partial charge in [-0.05, 0) is 50.5 Å². The van der Waals surface area contributed by atoms with Crippen molar-refractivity contribution in [3.05, 3.63) is 0 Å². The highest BCUT2D eigenvalue weighted by molar-refractivity contribution is 7.88. The number of nitrogens with zero attached hydrogens (tertiary/aromatic N) is 1. The summed E-state index contributed by atoms with van der Waals surface area (Å²) in [5.74, 6) is -1.41. The van der Waals surface area contributed by atoms with Crippen molar-refractivity contribution in [1.82, 2.24) is 14.3 Å². The maximum absolute atomic E-state index is 15.3. The molecule has 3 N–H and O–H groups in total. The van der Waals surface area contributed by atoms with Crippen LogP contribution in [0.3, 0.4) is 0 Å². The SMILES string of the molecule is O=C1CN(C2C(O)CC3CC[C@@H](NCCCC(F)(F)F)CC3C2F)S(=O)(=O)N1. The third-order valence-electron chi connectivity index (χ3n) is 5.98. The lowest BCUT2D eigenvalue weighted by Crippen LogP contribution is -2.59. The van der Waals surface area contributed by atoms with E-state index >= 15 is 4.39 Å². The fourth-order valence-corrected chi connectivity index (χ4v) is 6.06. The summed E-state index contributed by atoms with van der Waals surface area (Å²) in [7, 11) is -4.17. The second-order valence-electron chi connectivity index (χ2n) is 7.92. The van der Waals surface area contributed by atoms with E-state index in [-0.39, 0.29) is 31.3 Å². The predicted octanol–water partition coefficient (Wildman–Crippen LogP) is 0.851. The minimum absolute atomic E-state index is 0.0612. The van der Waals surface area contributed by atoms with Crippen LogP contribution < -0.4 is 10.0 Å². The molecule has 162 valence electrons. The number of hydrogen-bond acceptors (Lipinski definition) is 5. The zero-order valence-corrected chi connectivity index (χ0v) is 16.0. The molecule has 3 fully saturated rings. The Labute approximate surface area is 161 Å². The minimum Gasteiger partial charge on any atom is -0.391 e. The summed E-state index contributed by atoms with van der Waals surface area (Å²) in [5.41, 5.74) is 0. The lowest BCUT2D eigenvalue weighted by atomic mass is 9.66. The number of aliphatic hydroxyl groups is 1. The number of alkyl halides is 4. The Bertz CT molecular complexity index is 690. The van der Waals surface area contributed by atoms with E-state index in [4.69, 9.17) is 0 Å². The first-order valence-electron chi connectivity index (χ1n) is 9.42. The summed E-state index contributed by atoms with van der Waals surface area (Å²) in [6, 6.07) is -1.49. The molecule has 0 aromatic carbocycles. The fraction of sp³-hybridized carbons (Fsp3) is 0.938. The molecule has 5 unspecified atom stereocenters. The van der Waals surface area contributed by atoms with Gasteiger partial charge in [-0.3, -0.25) is 4.79 Å². The van der Waals surface area contributed by atoms with Crippen LogP contribution >= 0.6 is 0 Å². The molecule has 0 bridgehead atoms. The van der Waals surface area contributed by atoms with Gasteiger partial charge in [0.05, 0.1) is 18.7 Å². The van der Waals surface area contributed by atoms with Crippen molar-refractivity contribution in [1.29, 1.82) is 0 Å². The molecular weight excluding hydrogens is 406 g/mol. The standard InChI is InChI=1S/C16H25F4N3O4S/c17-14-11-7-10(21-5-1-4-16(18,19)20)3-2-9(11)6-12(24)15(14)23-8-13(25)22-28(23,26)27/h9-12,14-15,21,24H,1-8H2,(H,22,25)/t9?,10-,11?,12?,14?,15?/m1/s1. The van der Waals surface area contributed by atoms with E-state index in [2.05, 4.69) is 5.32 Å². The van der Waals surface area contributed by atoms with Crippen molar-refractivity contribution < 1.29 is 35.9 Å². The molecule has 6 atom stereocenters. The lowest BCUT2D eigenvalue weighted by Gasteiger charge is -2.48. The molecular formula is C16H25F4N3O4S. The summed E-state index contributed by atoms with van der Waals surface area (Å²) in [4.78, 5) is 11.5. The number of amides is 1. The molecule has 0 aromatic rings. The van der Waals surface area contributed by atoms with Gasteiger partial charge in [-0.15, -0.1) is 0 Å². The van der Waals surface area contributed by atoms with E-state index in [1.807, 2.05) is 0 Å². The molecule has 1 amide bonds. The molecule has 3 aliphatic rings. The average Bonchev–Trinajstić information content (AvgIpc) is 2.83. The van der Waals surface area contributed by atoms with E-state index < -0.39 is 59.5 Å². The molecule has 0 radical (unpaired) electrons. The monoisotopic (exact) mass is 431 g/mol. The largest absolute Gasteiger partial charge is 0.391 e. The molecule has 0 spiro atoms. The number of halogens is 4. The molecule has 2 aliphatic carbocycles. The Morgan fingerprint density at radius 3 is 2.57 bits per heavy atom. The predicted molar refractivity (Wildman–Crippen MR) is 91.0 cm³/mol. The molecule has 1 aliphatic heterocycles. The number of hydrogen-bond donors (Lipinski definition) is 3. The van der Waals surface area contributed by atoms with Gasteiger partial charge in [0.25, 0.3) is 0 Å². The van der Waals surface area contributed by atoms with Crippen LogP contribution in [-0.2, 0) is 15.0 Å².